The Labute approximate surface area is 156 Å². The highest BCUT2D eigenvalue weighted by atomic mass is 17.1. The molecule has 1 aromatic rings. The minimum Gasteiger partial charge on any atom is -0.493 e. The van der Waals surface area contributed by atoms with Gasteiger partial charge in [0.05, 0.1) is 25.7 Å². The largest absolute Gasteiger partial charge is 0.493 e. The van der Waals surface area contributed by atoms with Crippen molar-refractivity contribution in [3.8, 4) is 11.5 Å². The number of esters is 2. The standard InChI is InChI=1S/C17H24N2O8/c1-12(18)17(21)27-14-7-5-13(11-15(14)24-2)6-8-16(20)25-9-3-4-10-26-19(22)23/h5-8,11-12,22-23H,3-4,9-10,18H2,1-2H3/b8-6+. The molecule has 0 aliphatic rings. The fourth-order valence-electron chi connectivity index (χ4n) is 1.81. The zero-order valence-electron chi connectivity index (χ0n) is 15.2. The van der Waals surface area contributed by atoms with Gasteiger partial charge in [0, 0.05) is 6.08 Å². The smallest absolute Gasteiger partial charge is 0.330 e. The normalized spacial score (nSPS) is 12.2. The second-order valence-electron chi connectivity index (χ2n) is 5.41. The third kappa shape index (κ3) is 9.13. The Bertz CT molecular complexity index is 646. The molecule has 0 spiro atoms. The van der Waals surface area contributed by atoms with Crippen molar-refractivity contribution in [3.63, 3.8) is 0 Å². The quantitative estimate of drug-likeness (QED) is 0.168. The summed E-state index contributed by atoms with van der Waals surface area (Å²) in [7, 11) is 1.43. The summed E-state index contributed by atoms with van der Waals surface area (Å²) in [6, 6.07) is 4.01. The molecule has 0 amide bonds. The van der Waals surface area contributed by atoms with E-state index < -0.39 is 18.0 Å². The van der Waals surface area contributed by atoms with Gasteiger partial charge in [0.2, 0.25) is 0 Å². The Hall–Kier alpha value is -2.50. The molecule has 0 saturated carbocycles. The van der Waals surface area contributed by atoms with Crippen LogP contribution in [0.2, 0.25) is 0 Å². The van der Waals surface area contributed by atoms with Gasteiger partial charge < -0.3 is 19.9 Å². The number of benzene rings is 1. The molecular formula is C17H24N2O8. The number of hydrogen-bond donors (Lipinski definition) is 3. The van der Waals surface area contributed by atoms with Gasteiger partial charge in [0.15, 0.2) is 11.5 Å². The highest BCUT2D eigenvalue weighted by Crippen LogP contribution is 2.28. The van der Waals surface area contributed by atoms with Crippen LogP contribution in [0.15, 0.2) is 24.3 Å². The summed E-state index contributed by atoms with van der Waals surface area (Å²) in [5.74, 6) is -0.572. The Morgan fingerprint density at radius 2 is 1.93 bits per heavy atom. The van der Waals surface area contributed by atoms with Gasteiger partial charge in [-0.25, -0.2) is 9.59 Å². The molecule has 1 rings (SSSR count). The maximum Gasteiger partial charge on any atom is 0.330 e. The van der Waals surface area contributed by atoms with Crippen LogP contribution < -0.4 is 15.2 Å². The minimum atomic E-state index is -0.762. The van der Waals surface area contributed by atoms with E-state index in [2.05, 4.69) is 4.84 Å². The fraction of sp³-hybridized carbons (Fsp3) is 0.412. The summed E-state index contributed by atoms with van der Waals surface area (Å²) < 4.78 is 15.3. The molecule has 0 heterocycles. The van der Waals surface area contributed by atoms with Gasteiger partial charge in [-0.05, 0) is 43.5 Å². The molecule has 1 unspecified atom stereocenters. The van der Waals surface area contributed by atoms with Gasteiger partial charge in [-0.2, -0.15) is 0 Å². The van der Waals surface area contributed by atoms with Gasteiger partial charge in [-0.3, -0.25) is 15.3 Å². The molecule has 0 fully saturated rings. The maximum absolute atomic E-state index is 11.7. The monoisotopic (exact) mass is 384 g/mol. The highest BCUT2D eigenvalue weighted by molar-refractivity contribution is 5.87. The lowest BCUT2D eigenvalue weighted by Gasteiger charge is -2.11. The van der Waals surface area contributed by atoms with Crippen molar-refractivity contribution in [1.29, 1.82) is 0 Å². The lowest BCUT2D eigenvalue weighted by molar-refractivity contribution is -0.492. The lowest BCUT2D eigenvalue weighted by atomic mass is 10.2. The van der Waals surface area contributed by atoms with Crippen molar-refractivity contribution in [2.75, 3.05) is 20.3 Å². The Morgan fingerprint density at radius 1 is 1.22 bits per heavy atom. The summed E-state index contributed by atoms with van der Waals surface area (Å²) in [5, 5.41) is 16.3. The van der Waals surface area contributed by atoms with Crippen molar-refractivity contribution < 1.29 is 39.1 Å². The highest BCUT2D eigenvalue weighted by Gasteiger charge is 2.13. The number of rotatable bonds is 11. The van der Waals surface area contributed by atoms with E-state index in [9.17, 15) is 9.59 Å². The molecule has 4 N–H and O–H groups in total. The van der Waals surface area contributed by atoms with Crippen LogP contribution in [0.5, 0.6) is 11.5 Å². The van der Waals surface area contributed by atoms with Crippen LogP contribution in [-0.2, 0) is 19.2 Å². The van der Waals surface area contributed by atoms with Gasteiger partial charge in [0.1, 0.15) is 6.04 Å². The van der Waals surface area contributed by atoms with Gasteiger partial charge in [-0.15, -0.1) is 0 Å². The molecule has 0 bridgehead atoms. The van der Waals surface area contributed by atoms with E-state index in [1.54, 1.807) is 12.1 Å². The molecule has 1 atom stereocenters. The number of nitrogens with two attached hydrogens (primary N) is 1. The third-order valence-corrected chi connectivity index (χ3v) is 3.17. The Kier molecular flexibility index (Phi) is 10.0. The molecule has 150 valence electrons. The number of ether oxygens (including phenoxy) is 3. The van der Waals surface area contributed by atoms with Crippen LogP contribution in [0, 0.1) is 0 Å². The number of carbonyl (C=O) groups excluding carboxylic acids is 2. The van der Waals surface area contributed by atoms with E-state index in [0.717, 1.165) is 0 Å². The van der Waals surface area contributed by atoms with E-state index in [4.69, 9.17) is 30.4 Å². The molecule has 0 aliphatic heterocycles. The molecule has 0 saturated heterocycles. The van der Waals surface area contributed by atoms with Crippen molar-refractivity contribution in [1.82, 2.24) is 5.39 Å². The molecule has 10 heteroatoms. The van der Waals surface area contributed by atoms with Crippen LogP contribution in [0.1, 0.15) is 25.3 Å². The number of methoxy groups -OCH3 is 1. The number of nitrogens with zero attached hydrogens (tertiary/aromatic N) is 1. The average molecular weight is 384 g/mol. The van der Waals surface area contributed by atoms with Crippen LogP contribution >= 0.6 is 0 Å². The summed E-state index contributed by atoms with van der Waals surface area (Å²) in [6.45, 7) is 1.76. The predicted molar refractivity (Wildman–Crippen MR) is 92.9 cm³/mol. The van der Waals surface area contributed by atoms with Gasteiger partial charge in [-0.1, -0.05) is 6.07 Å². The lowest BCUT2D eigenvalue weighted by Crippen LogP contribution is -2.30. The zero-order valence-corrected chi connectivity index (χ0v) is 15.2. The van der Waals surface area contributed by atoms with Crippen molar-refractivity contribution in [2.45, 2.75) is 25.8 Å². The van der Waals surface area contributed by atoms with Crippen LogP contribution in [0.25, 0.3) is 6.08 Å². The van der Waals surface area contributed by atoms with Crippen molar-refractivity contribution in [3.05, 3.63) is 29.8 Å². The van der Waals surface area contributed by atoms with E-state index in [1.807, 2.05) is 0 Å². The number of hydrogen-bond acceptors (Lipinski definition) is 10. The minimum absolute atomic E-state index is 0.0834. The molecular weight excluding hydrogens is 360 g/mol. The topological polar surface area (TPSA) is 141 Å². The Morgan fingerprint density at radius 3 is 2.56 bits per heavy atom. The fourth-order valence-corrected chi connectivity index (χ4v) is 1.81. The molecule has 0 aliphatic carbocycles. The van der Waals surface area contributed by atoms with Gasteiger partial charge >= 0.3 is 11.9 Å². The first-order valence-electron chi connectivity index (χ1n) is 8.14. The summed E-state index contributed by atoms with van der Waals surface area (Å²) in [6.07, 6.45) is 3.76. The first-order chi connectivity index (χ1) is 12.8. The van der Waals surface area contributed by atoms with Gasteiger partial charge in [0.25, 0.3) is 0 Å². The third-order valence-electron chi connectivity index (χ3n) is 3.17. The first-order valence-corrected chi connectivity index (χ1v) is 8.14. The molecule has 10 nitrogen and oxygen atoms in total. The van der Waals surface area contributed by atoms with E-state index in [1.165, 1.54) is 32.3 Å². The maximum atomic E-state index is 11.7. The van der Waals surface area contributed by atoms with Crippen LogP contribution in [-0.4, -0.2) is 54.1 Å². The van der Waals surface area contributed by atoms with Crippen LogP contribution in [0.4, 0.5) is 0 Å². The van der Waals surface area contributed by atoms with E-state index in [0.29, 0.717) is 24.2 Å². The Balaban J connectivity index is 2.50. The molecule has 1 aromatic carbocycles. The number of unbranched alkanes of at least 4 members (excludes halogenated alkanes) is 1. The van der Waals surface area contributed by atoms with Crippen LogP contribution in [0.3, 0.4) is 0 Å². The second kappa shape index (κ2) is 12.0. The summed E-state index contributed by atoms with van der Waals surface area (Å²) in [4.78, 5) is 27.6. The molecule has 0 aromatic heterocycles. The first kappa shape index (κ1) is 22.5. The molecule has 0 radical (unpaired) electrons. The van der Waals surface area contributed by atoms with E-state index >= 15 is 0 Å². The zero-order chi connectivity index (χ0) is 20.2. The second-order valence-corrected chi connectivity index (χ2v) is 5.41. The predicted octanol–water partition coefficient (Wildman–Crippen LogP) is 1.30. The van der Waals surface area contributed by atoms with Crippen molar-refractivity contribution >= 4 is 18.0 Å². The average Bonchev–Trinajstić information content (AvgIpc) is 2.63. The van der Waals surface area contributed by atoms with Crippen molar-refractivity contribution in [2.24, 2.45) is 5.73 Å². The summed E-state index contributed by atoms with van der Waals surface area (Å²) in [5.41, 5.74) is 6.10. The molecule has 27 heavy (non-hydrogen) atoms. The summed E-state index contributed by atoms with van der Waals surface area (Å²) >= 11 is 0. The SMILES string of the molecule is COc1cc(/C=C/C(=O)OCCCCON(O)O)ccc1OC(=O)C(C)N. The van der Waals surface area contributed by atoms with E-state index in [-0.39, 0.29) is 24.4 Å². The number of carbonyl (C=O) groups is 2.